The highest BCUT2D eigenvalue weighted by Crippen LogP contribution is 2.19. The molecular weight excluding hydrogens is 240 g/mol. The summed E-state index contributed by atoms with van der Waals surface area (Å²) < 4.78 is 0. The maximum atomic E-state index is 5.79. The van der Waals surface area contributed by atoms with Crippen LogP contribution in [0.2, 0.25) is 0 Å². The van der Waals surface area contributed by atoms with Crippen molar-refractivity contribution in [2.45, 2.75) is 25.3 Å². The molecule has 0 amide bonds. The highest BCUT2D eigenvalue weighted by atomic mass is 35.5. The summed E-state index contributed by atoms with van der Waals surface area (Å²) in [7, 11) is 2.14. The van der Waals surface area contributed by atoms with Gasteiger partial charge in [-0.15, -0.1) is 11.6 Å². The molecule has 0 radical (unpaired) electrons. The molecule has 1 aromatic heterocycles. The Morgan fingerprint density at radius 3 is 2.88 bits per heavy atom. The van der Waals surface area contributed by atoms with Crippen LogP contribution in [0.3, 0.4) is 0 Å². The maximum absolute atomic E-state index is 5.79. The van der Waals surface area contributed by atoms with Crippen molar-refractivity contribution in [3.63, 3.8) is 0 Å². The average Bonchev–Trinajstić information content (AvgIpc) is 2.35. The second kappa shape index (κ2) is 7.02. The Balaban J connectivity index is 2.80. The van der Waals surface area contributed by atoms with E-state index in [1.54, 1.807) is 0 Å². The summed E-state index contributed by atoms with van der Waals surface area (Å²) in [6.07, 6.45) is 5.12. The Labute approximate surface area is 107 Å². The van der Waals surface area contributed by atoms with Crippen LogP contribution in [-0.2, 0) is 5.88 Å². The fraction of sp³-hybridized carbons (Fsp3) is 0.583. The zero-order valence-corrected chi connectivity index (χ0v) is 11.7. The normalized spacial score (nSPS) is 12.5. The molecule has 0 saturated heterocycles. The number of pyridine rings is 1. The van der Waals surface area contributed by atoms with E-state index in [0.29, 0.717) is 11.9 Å². The second-order valence-corrected chi connectivity index (χ2v) is 4.95. The SMILES string of the molecule is CCC(CSC)N(C)c1ccnc(CCl)c1. The van der Waals surface area contributed by atoms with E-state index in [2.05, 4.69) is 36.2 Å². The van der Waals surface area contributed by atoms with Crippen LogP contribution in [0.1, 0.15) is 19.0 Å². The number of halogens is 1. The van der Waals surface area contributed by atoms with E-state index in [1.165, 1.54) is 5.69 Å². The Bertz CT molecular complexity index is 320. The molecule has 2 nitrogen and oxygen atoms in total. The van der Waals surface area contributed by atoms with Gasteiger partial charge in [-0.2, -0.15) is 11.8 Å². The molecule has 0 aromatic carbocycles. The van der Waals surface area contributed by atoms with Crippen molar-refractivity contribution < 1.29 is 0 Å². The Hall–Kier alpha value is -0.410. The first-order chi connectivity index (χ1) is 7.72. The minimum atomic E-state index is 0.473. The van der Waals surface area contributed by atoms with E-state index in [0.717, 1.165) is 17.9 Å². The summed E-state index contributed by atoms with van der Waals surface area (Å²) in [6, 6.07) is 4.68. The van der Waals surface area contributed by atoms with Gasteiger partial charge in [0.25, 0.3) is 0 Å². The van der Waals surface area contributed by atoms with E-state index in [1.807, 2.05) is 24.0 Å². The van der Waals surface area contributed by atoms with Crippen molar-refractivity contribution >= 4 is 29.1 Å². The molecule has 90 valence electrons. The van der Waals surface area contributed by atoms with E-state index >= 15 is 0 Å². The third-order valence-electron chi connectivity index (χ3n) is 2.72. The third-order valence-corrected chi connectivity index (χ3v) is 3.71. The van der Waals surface area contributed by atoms with Crippen LogP contribution >= 0.6 is 23.4 Å². The molecule has 0 N–H and O–H groups in total. The van der Waals surface area contributed by atoms with Gasteiger partial charge in [0.1, 0.15) is 0 Å². The fourth-order valence-corrected chi connectivity index (χ4v) is 2.65. The lowest BCUT2D eigenvalue weighted by Gasteiger charge is -2.29. The largest absolute Gasteiger partial charge is 0.371 e. The number of anilines is 1. The number of thioether (sulfide) groups is 1. The van der Waals surface area contributed by atoms with Gasteiger partial charge in [0.15, 0.2) is 0 Å². The van der Waals surface area contributed by atoms with Gasteiger partial charge >= 0.3 is 0 Å². The van der Waals surface area contributed by atoms with Crippen LogP contribution in [0.5, 0.6) is 0 Å². The number of rotatable bonds is 6. The molecular formula is C12H19ClN2S. The first-order valence-corrected chi connectivity index (χ1v) is 7.38. The van der Waals surface area contributed by atoms with Gasteiger partial charge in [-0.3, -0.25) is 4.98 Å². The summed E-state index contributed by atoms with van der Waals surface area (Å²) in [6.45, 7) is 2.22. The van der Waals surface area contributed by atoms with Crippen molar-refractivity contribution in [1.82, 2.24) is 4.98 Å². The topological polar surface area (TPSA) is 16.1 Å². The molecule has 1 unspecified atom stereocenters. The van der Waals surface area contributed by atoms with Crippen LogP contribution in [0.15, 0.2) is 18.3 Å². The van der Waals surface area contributed by atoms with Crippen molar-refractivity contribution in [1.29, 1.82) is 0 Å². The first-order valence-electron chi connectivity index (χ1n) is 5.45. The number of hydrogen-bond donors (Lipinski definition) is 0. The van der Waals surface area contributed by atoms with Gasteiger partial charge in [0.05, 0.1) is 11.6 Å². The second-order valence-electron chi connectivity index (χ2n) is 3.77. The summed E-state index contributed by atoms with van der Waals surface area (Å²) >= 11 is 7.68. The molecule has 0 saturated carbocycles. The lowest BCUT2D eigenvalue weighted by atomic mass is 10.2. The lowest BCUT2D eigenvalue weighted by molar-refractivity contribution is 0.672. The Morgan fingerprint density at radius 2 is 2.31 bits per heavy atom. The molecule has 0 aliphatic carbocycles. The highest BCUT2D eigenvalue weighted by molar-refractivity contribution is 7.98. The molecule has 0 spiro atoms. The third kappa shape index (κ3) is 3.56. The predicted molar refractivity (Wildman–Crippen MR) is 74.7 cm³/mol. The standard InChI is InChI=1S/C12H19ClN2S/c1-4-11(9-16-3)15(2)12-5-6-14-10(7-12)8-13/h5-7,11H,4,8-9H2,1-3H3. The van der Waals surface area contributed by atoms with Gasteiger partial charge in [0.2, 0.25) is 0 Å². The average molecular weight is 259 g/mol. The monoisotopic (exact) mass is 258 g/mol. The number of alkyl halides is 1. The number of hydrogen-bond acceptors (Lipinski definition) is 3. The van der Waals surface area contributed by atoms with Crippen LogP contribution in [0.25, 0.3) is 0 Å². The summed E-state index contributed by atoms with van der Waals surface area (Å²) in [5.74, 6) is 1.62. The molecule has 0 fully saturated rings. The van der Waals surface area contributed by atoms with E-state index in [4.69, 9.17) is 11.6 Å². The quantitative estimate of drug-likeness (QED) is 0.728. The maximum Gasteiger partial charge on any atom is 0.0648 e. The van der Waals surface area contributed by atoms with Crippen LogP contribution < -0.4 is 4.90 Å². The first kappa shape index (κ1) is 13.7. The molecule has 0 bridgehead atoms. The van der Waals surface area contributed by atoms with Crippen molar-refractivity contribution in [2.24, 2.45) is 0 Å². The zero-order chi connectivity index (χ0) is 12.0. The molecule has 4 heteroatoms. The van der Waals surface area contributed by atoms with Crippen molar-refractivity contribution in [3.05, 3.63) is 24.0 Å². The smallest absolute Gasteiger partial charge is 0.0648 e. The highest BCUT2D eigenvalue weighted by Gasteiger charge is 2.12. The summed E-state index contributed by atoms with van der Waals surface area (Å²) in [4.78, 5) is 6.52. The summed E-state index contributed by atoms with van der Waals surface area (Å²) in [5.41, 5.74) is 2.14. The van der Waals surface area contributed by atoms with E-state index < -0.39 is 0 Å². The van der Waals surface area contributed by atoms with Crippen LogP contribution in [0, 0.1) is 0 Å². The van der Waals surface area contributed by atoms with Gasteiger partial charge < -0.3 is 4.90 Å². The van der Waals surface area contributed by atoms with Gasteiger partial charge in [-0.05, 0) is 24.8 Å². The lowest BCUT2D eigenvalue weighted by Crippen LogP contribution is -2.33. The Kier molecular flexibility index (Phi) is 5.99. The van der Waals surface area contributed by atoms with Crippen LogP contribution in [0.4, 0.5) is 5.69 Å². The van der Waals surface area contributed by atoms with Gasteiger partial charge in [-0.25, -0.2) is 0 Å². The fourth-order valence-electron chi connectivity index (χ4n) is 1.66. The van der Waals surface area contributed by atoms with Crippen LogP contribution in [-0.4, -0.2) is 30.1 Å². The van der Waals surface area contributed by atoms with Gasteiger partial charge in [0, 0.05) is 30.7 Å². The van der Waals surface area contributed by atoms with E-state index in [-0.39, 0.29) is 0 Å². The molecule has 16 heavy (non-hydrogen) atoms. The molecule has 1 aromatic rings. The van der Waals surface area contributed by atoms with E-state index in [9.17, 15) is 0 Å². The molecule has 0 aliphatic rings. The number of nitrogens with zero attached hydrogens (tertiary/aromatic N) is 2. The minimum Gasteiger partial charge on any atom is -0.371 e. The molecule has 0 aliphatic heterocycles. The van der Waals surface area contributed by atoms with Crippen molar-refractivity contribution in [2.75, 3.05) is 24.0 Å². The predicted octanol–water partition coefficient (Wildman–Crippen LogP) is 3.40. The minimum absolute atomic E-state index is 0.473. The van der Waals surface area contributed by atoms with Crippen molar-refractivity contribution in [3.8, 4) is 0 Å². The number of aromatic nitrogens is 1. The Morgan fingerprint density at radius 1 is 1.56 bits per heavy atom. The zero-order valence-electron chi connectivity index (χ0n) is 10.1. The molecule has 1 heterocycles. The molecule has 1 rings (SSSR count). The summed E-state index contributed by atoms with van der Waals surface area (Å²) in [5, 5.41) is 0. The van der Waals surface area contributed by atoms with Gasteiger partial charge in [-0.1, -0.05) is 6.92 Å². The molecule has 1 atom stereocenters.